The van der Waals surface area contributed by atoms with Gasteiger partial charge in [0, 0.05) is 17.1 Å². The number of rotatable bonds is 5. The number of anilines is 2. The van der Waals surface area contributed by atoms with Crippen molar-refractivity contribution in [2.75, 3.05) is 23.4 Å². The molecule has 0 atom stereocenters. The van der Waals surface area contributed by atoms with Crippen LogP contribution in [-0.2, 0) is 10.0 Å². The fourth-order valence-electron chi connectivity index (χ4n) is 2.73. The number of carbonyl (C=O) groups is 1. The van der Waals surface area contributed by atoms with E-state index in [2.05, 4.69) is 15.0 Å². The quantitative estimate of drug-likeness (QED) is 0.681. The monoisotopic (exact) mass is 403 g/mol. The van der Waals surface area contributed by atoms with E-state index < -0.39 is 21.7 Å². The number of ether oxygens (including phenoxy) is 1. The first kappa shape index (κ1) is 19.6. The third-order valence-electron chi connectivity index (χ3n) is 3.97. The topological polar surface area (TPSA) is 97.4 Å². The Morgan fingerprint density at radius 2 is 1.89 bits per heavy atom. The number of carbonyl (C=O) groups excluding carboxylic acids is 1. The van der Waals surface area contributed by atoms with Crippen molar-refractivity contribution in [3.05, 3.63) is 59.5 Å². The third kappa shape index (κ3) is 4.37. The average molecular weight is 403 g/mol. The van der Waals surface area contributed by atoms with Crippen LogP contribution in [0.25, 0.3) is 10.9 Å². The van der Waals surface area contributed by atoms with E-state index in [0.29, 0.717) is 33.6 Å². The minimum atomic E-state index is -3.53. The number of hydrogen-bond donors (Lipinski definition) is 2. The van der Waals surface area contributed by atoms with Crippen molar-refractivity contribution in [1.29, 1.82) is 0 Å². The SMILES string of the molecule is COc1ccc(NC(=O)c2cc3ccc(F)cc3nc2C)cc1NS(C)(=O)=O. The van der Waals surface area contributed by atoms with Gasteiger partial charge in [0.25, 0.3) is 5.91 Å². The number of nitrogens with zero attached hydrogens (tertiary/aromatic N) is 1. The van der Waals surface area contributed by atoms with Gasteiger partial charge < -0.3 is 10.1 Å². The molecule has 28 heavy (non-hydrogen) atoms. The summed E-state index contributed by atoms with van der Waals surface area (Å²) in [4.78, 5) is 17.0. The second-order valence-corrected chi connectivity index (χ2v) is 7.95. The van der Waals surface area contributed by atoms with Crippen LogP contribution in [0.5, 0.6) is 5.75 Å². The minimum absolute atomic E-state index is 0.201. The zero-order chi connectivity index (χ0) is 20.5. The smallest absolute Gasteiger partial charge is 0.257 e. The largest absolute Gasteiger partial charge is 0.495 e. The van der Waals surface area contributed by atoms with Crippen LogP contribution in [0.1, 0.15) is 16.1 Å². The van der Waals surface area contributed by atoms with E-state index in [1.54, 1.807) is 25.1 Å². The molecular weight excluding hydrogens is 385 g/mol. The van der Waals surface area contributed by atoms with Gasteiger partial charge in [0.05, 0.1) is 35.8 Å². The summed E-state index contributed by atoms with van der Waals surface area (Å²) in [6.45, 7) is 1.66. The van der Waals surface area contributed by atoms with Crippen molar-refractivity contribution in [2.45, 2.75) is 6.92 Å². The van der Waals surface area contributed by atoms with Crippen LogP contribution >= 0.6 is 0 Å². The Balaban J connectivity index is 1.92. The van der Waals surface area contributed by atoms with Crippen molar-refractivity contribution in [3.63, 3.8) is 0 Å². The Morgan fingerprint density at radius 1 is 1.14 bits per heavy atom. The maximum atomic E-state index is 13.4. The molecule has 0 saturated carbocycles. The lowest BCUT2D eigenvalue weighted by atomic mass is 10.1. The molecule has 146 valence electrons. The number of pyridine rings is 1. The molecular formula is C19H18FN3O4S. The van der Waals surface area contributed by atoms with Gasteiger partial charge in [0.1, 0.15) is 11.6 Å². The lowest BCUT2D eigenvalue weighted by Gasteiger charge is -2.13. The van der Waals surface area contributed by atoms with Crippen molar-refractivity contribution in [3.8, 4) is 5.75 Å². The van der Waals surface area contributed by atoms with Crippen LogP contribution in [-0.4, -0.2) is 32.7 Å². The molecule has 1 amide bonds. The first-order valence-electron chi connectivity index (χ1n) is 8.20. The molecule has 0 aliphatic rings. The first-order chi connectivity index (χ1) is 13.2. The molecule has 3 rings (SSSR count). The van der Waals surface area contributed by atoms with Crippen LogP contribution in [0.4, 0.5) is 15.8 Å². The molecule has 0 aliphatic heterocycles. The summed E-state index contributed by atoms with van der Waals surface area (Å²) < 4.78 is 43.9. The average Bonchev–Trinajstić information content (AvgIpc) is 2.59. The standard InChI is InChI=1S/C19H18FN3O4S/c1-11-15(8-12-4-5-13(20)9-16(12)21-11)19(24)22-14-6-7-18(27-2)17(10-14)23-28(3,25)26/h4-10,23H,1-3H3,(H,22,24). The van der Waals surface area contributed by atoms with Crippen LogP contribution in [0.15, 0.2) is 42.5 Å². The molecule has 2 aromatic carbocycles. The molecule has 0 bridgehead atoms. The van der Waals surface area contributed by atoms with E-state index >= 15 is 0 Å². The molecule has 1 aromatic heterocycles. The van der Waals surface area contributed by atoms with Gasteiger partial charge in [-0.15, -0.1) is 0 Å². The molecule has 0 radical (unpaired) electrons. The Kier molecular flexibility index (Phi) is 5.19. The molecule has 0 saturated heterocycles. The Labute approximate surface area is 161 Å². The highest BCUT2D eigenvalue weighted by atomic mass is 32.2. The zero-order valence-electron chi connectivity index (χ0n) is 15.4. The Morgan fingerprint density at radius 3 is 2.57 bits per heavy atom. The van der Waals surface area contributed by atoms with Gasteiger partial charge in [-0.05, 0) is 43.3 Å². The van der Waals surface area contributed by atoms with Gasteiger partial charge in [-0.3, -0.25) is 14.5 Å². The number of methoxy groups -OCH3 is 1. The second-order valence-electron chi connectivity index (χ2n) is 6.20. The van der Waals surface area contributed by atoms with E-state index in [1.165, 1.54) is 31.4 Å². The predicted molar refractivity (Wildman–Crippen MR) is 106 cm³/mol. The normalized spacial score (nSPS) is 11.3. The van der Waals surface area contributed by atoms with E-state index in [4.69, 9.17) is 4.74 Å². The number of aryl methyl sites for hydroxylation is 1. The lowest BCUT2D eigenvalue weighted by molar-refractivity contribution is 0.102. The van der Waals surface area contributed by atoms with Crippen molar-refractivity contribution >= 4 is 38.2 Å². The number of nitrogens with one attached hydrogen (secondary N) is 2. The number of amides is 1. The number of sulfonamides is 1. The molecule has 1 heterocycles. The molecule has 0 unspecified atom stereocenters. The van der Waals surface area contributed by atoms with E-state index in [9.17, 15) is 17.6 Å². The highest BCUT2D eigenvalue weighted by molar-refractivity contribution is 7.92. The molecule has 0 fully saturated rings. The summed E-state index contributed by atoms with van der Waals surface area (Å²) in [5.74, 6) is -0.513. The molecule has 0 spiro atoms. The third-order valence-corrected chi connectivity index (χ3v) is 4.56. The maximum absolute atomic E-state index is 13.4. The van der Waals surface area contributed by atoms with Gasteiger partial charge >= 0.3 is 0 Å². The predicted octanol–water partition coefficient (Wildman–Crippen LogP) is 3.31. The van der Waals surface area contributed by atoms with Gasteiger partial charge in [-0.1, -0.05) is 0 Å². The summed E-state index contributed by atoms with van der Waals surface area (Å²) in [6, 6.07) is 10.4. The fraction of sp³-hybridized carbons (Fsp3) is 0.158. The molecule has 2 N–H and O–H groups in total. The van der Waals surface area contributed by atoms with Crippen LogP contribution in [0.3, 0.4) is 0 Å². The minimum Gasteiger partial charge on any atom is -0.495 e. The maximum Gasteiger partial charge on any atom is 0.257 e. The molecule has 0 aliphatic carbocycles. The lowest BCUT2D eigenvalue weighted by Crippen LogP contribution is -2.15. The number of halogens is 1. The van der Waals surface area contributed by atoms with Crippen LogP contribution in [0, 0.1) is 12.7 Å². The van der Waals surface area contributed by atoms with Crippen molar-refractivity contribution in [1.82, 2.24) is 4.98 Å². The van der Waals surface area contributed by atoms with Crippen molar-refractivity contribution in [2.24, 2.45) is 0 Å². The van der Waals surface area contributed by atoms with Gasteiger partial charge in [0.15, 0.2) is 0 Å². The van der Waals surface area contributed by atoms with Gasteiger partial charge in [0.2, 0.25) is 10.0 Å². The summed E-state index contributed by atoms with van der Waals surface area (Å²) in [6.07, 6.45) is 1.02. The number of benzene rings is 2. The molecule has 9 heteroatoms. The Hall–Kier alpha value is -3.20. The number of hydrogen-bond acceptors (Lipinski definition) is 5. The van der Waals surface area contributed by atoms with Crippen LogP contribution < -0.4 is 14.8 Å². The van der Waals surface area contributed by atoms with Crippen molar-refractivity contribution < 1.29 is 22.3 Å². The Bertz CT molecular complexity index is 1180. The van der Waals surface area contributed by atoms with Crippen LogP contribution in [0.2, 0.25) is 0 Å². The van der Waals surface area contributed by atoms with Gasteiger partial charge in [-0.25, -0.2) is 12.8 Å². The highest BCUT2D eigenvalue weighted by Gasteiger charge is 2.15. The fourth-order valence-corrected chi connectivity index (χ4v) is 3.29. The van der Waals surface area contributed by atoms with E-state index in [-0.39, 0.29) is 5.69 Å². The summed E-state index contributed by atoms with van der Waals surface area (Å²) in [7, 11) is -2.11. The van der Waals surface area contributed by atoms with E-state index in [0.717, 1.165) is 6.26 Å². The van der Waals surface area contributed by atoms with Gasteiger partial charge in [-0.2, -0.15) is 0 Å². The first-order valence-corrected chi connectivity index (χ1v) is 10.1. The van der Waals surface area contributed by atoms with E-state index in [1.807, 2.05) is 0 Å². The zero-order valence-corrected chi connectivity index (χ0v) is 16.2. The second kappa shape index (κ2) is 7.43. The summed E-state index contributed by atoms with van der Waals surface area (Å²) in [5.41, 5.74) is 1.80. The summed E-state index contributed by atoms with van der Waals surface area (Å²) in [5, 5.41) is 3.34. The molecule has 3 aromatic rings. The number of fused-ring (bicyclic) bond motifs is 1. The highest BCUT2D eigenvalue weighted by Crippen LogP contribution is 2.29. The summed E-state index contributed by atoms with van der Waals surface area (Å²) >= 11 is 0. The number of aromatic nitrogens is 1. The molecule has 7 nitrogen and oxygen atoms in total.